The maximum Gasteiger partial charge on any atom is 0.254 e. The molecule has 0 saturated heterocycles. The summed E-state index contributed by atoms with van der Waals surface area (Å²) in [7, 11) is 0. The number of halogens is 1. The summed E-state index contributed by atoms with van der Waals surface area (Å²) in [6.07, 6.45) is 0.361. The Bertz CT molecular complexity index is 833. The van der Waals surface area contributed by atoms with Crippen LogP contribution in [0, 0.1) is 5.82 Å². The molecule has 0 radical (unpaired) electrons. The molecule has 5 nitrogen and oxygen atoms in total. The van der Waals surface area contributed by atoms with Crippen LogP contribution >= 0.6 is 0 Å². The molecule has 122 valence electrons. The van der Waals surface area contributed by atoms with Crippen molar-refractivity contribution >= 4 is 5.91 Å². The highest BCUT2D eigenvalue weighted by Gasteiger charge is 2.16. The molecule has 3 aromatic rings. The number of nitrogens with one attached hydrogen (secondary N) is 1. The Balaban J connectivity index is 1.63. The van der Waals surface area contributed by atoms with Crippen molar-refractivity contribution in [2.24, 2.45) is 0 Å². The largest absolute Gasteiger partial charge is 0.349 e. The lowest BCUT2D eigenvalue weighted by molar-refractivity contribution is 0.0934. The highest BCUT2D eigenvalue weighted by atomic mass is 19.1. The quantitative estimate of drug-likeness (QED) is 0.782. The molecule has 0 aliphatic carbocycles. The molecule has 2 aromatic carbocycles. The Morgan fingerprint density at radius 3 is 2.62 bits per heavy atom. The van der Waals surface area contributed by atoms with Crippen LogP contribution in [0.5, 0.6) is 0 Å². The first-order valence-corrected chi connectivity index (χ1v) is 7.57. The molecule has 1 unspecified atom stereocenters. The van der Waals surface area contributed by atoms with Crippen LogP contribution < -0.4 is 5.32 Å². The second-order valence-corrected chi connectivity index (χ2v) is 5.44. The van der Waals surface area contributed by atoms with E-state index in [1.54, 1.807) is 19.1 Å². The van der Waals surface area contributed by atoms with Gasteiger partial charge >= 0.3 is 0 Å². The van der Waals surface area contributed by atoms with E-state index < -0.39 is 11.7 Å². The van der Waals surface area contributed by atoms with Gasteiger partial charge in [0.05, 0.1) is 5.56 Å². The Kier molecular flexibility index (Phi) is 4.65. The lowest BCUT2D eigenvalue weighted by Gasteiger charge is -2.12. The van der Waals surface area contributed by atoms with Gasteiger partial charge in [0.25, 0.3) is 5.91 Å². The van der Waals surface area contributed by atoms with Crippen LogP contribution in [-0.4, -0.2) is 22.1 Å². The van der Waals surface area contributed by atoms with Crippen LogP contribution in [0.1, 0.15) is 23.2 Å². The zero-order chi connectivity index (χ0) is 16.9. The smallest absolute Gasteiger partial charge is 0.254 e. The van der Waals surface area contributed by atoms with E-state index in [4.69, 9.17) is 4.52 Å². The van der Waals surface area contributed by atoms with E-state index in [-0.39, 0.29) is 11.6 Å². The zero-order valence-electron chi connectivity index (χ0n) is 13.1. The first-order chi connectivity index (χ1) is 11.6. The van der Waals surface area contributed by atoms with Crippen molar-refractivity contribution in [1.82, 2.24) is 15.5 Å². The van der Waals surface area contributed by atoms with E-state index >= 15 is 0 Å². The number of amides is 1. The summed E-state index contributed by atoms with van der Waals surface area (Å²) in [5, 5.41) is 6.66. The van der Waals surface area contributed by atoms with Crippen molar-refractivity contribution in [1.29, 1.82) is 0 Å². The molecule has 0 saturated carbocycles. The number of hydrogen-bond donors (Lipinski definition) is 1. The van der Waals surface area contributed by atoms with Crippen LogP contribution in [0.3, 0.4) is 0 Å². The van der Waals surface area contributed by atoms with Crippen LogP contribution in [0.15, 0.2) is 59.1 Å². The van der Waals surface area contributed by atoms with Gasteiger partial charge in [0, 0.05) is 18.0 Å². The van der Waals surface area contributed by atoms with Crippen LogP contribution in [-0.2, 0) is 6.42 Å². The number of hydrogen-bond acceptors (Lipinski definition) is 4. The van der Waals surface area contributed by atoms with Crippen molar-refractivity contribution in [3.8, 4) is 11.4 Å². The molecule has 3 rings (SSSR count). The first-order valence-electron chi connectivity index (χ1n) is 7.57. The van der Waals surface area contributed by atoms with E-state index in [1.165, 1.54) is 12.1 Å². The van der Waals surface area contributed by atoms with Crippen LogP contribution in [0.25, 0.3) is 11.4 Å². The van der Waals surface area contributed by atoms with Gasteiger partial charge in [0.15, 0.2) is 0 Å². The number of nitrogens with zero attached hydrogens (tertiary/aromatic N) is 2. The van der Waals surface area contributed by atoms with E-state index in [0.717, 1.165) is 5.56 Å². The summed E-state index contributed by atoms with van der Waals surface area (Å²) >= 11 is 0. The summed E-state index contributed by atoms with van der Waals surface area (Å²) in [5.74, 6) is -0.108. The number of rotatable bonds is 5. The van der Waals surface area contributed by atoms with Gasteiger partial charge in [-0.3, -0.25) is 4.79 Å². The number of benzene rings is 2. The third kappa shape index (κ3) is 3.65. The molecule has 1 atom stereocenters. The molecule has 0 spiro atoms. The molecule has 1 amide bonds. The Morgan fingerprint density at radius 1 is 1.17 bits per heavy atom. The fourth-order valence-electron chi connectivity index (χ4n) is 2.30. The van der Waals surface area contributed by atoms with Crippen molar-refractivity contribution < 1.29 is 13.7 Å². The van der Waals surface area contributed by atoms with E-state index in [2.05, 4.69) is 15.5 Å². The van der Waals surface area contributed by atoms with Gasteiger partial charge in [0.2, 0.25) is 11.7 Å². The van der Waals surface area contributed by atoms with Crippen molar-refractivity contribution in [3.05, 3.63) is 71.9 Å². The second-order valence-electron chi connectivity index (χ2n) is 5.44. The third-order valence-corrected chi connectivity index (χ3v) is 3.48. The van der Waals surface area contributed by atoms with Gasteiger partial charge in [-0.1, -0.05) is 47.6 Å². The maximum atomic E-state index is 13.6. The predicted molar refractivity (Wildman–Crippen MR) is 86.8 cm³/mol. The van der Waals surface area contributed by atoms with E-state index in [1.807, 2.05) is 30.3 Å². The van der Waals surface area contributed by atoms with Gasteiger partial charge in [-0.25, -0.2) is 4.39 Å². The van der Waals surface area contributed by atoms with E-state index in [0.29, 0.717) is 18.1 Å². The Morgan fingerprint density at radius 2 is 1.88 bits per heavy atom. The average Bonchev–Trinajstić information content (AvgIpc) is 3.04. The lowest BCUT2D eigenvalue weighted by Crippen LogP contribution is -2.34. The molecule has 1 heterocycles. The van der Waals surface area contributed by atoms with Gasteiger partial charge in [-0.05, 0) is 19.1 Å². The van der Waals surface area contributed by atoms with Gasteiger partial charge in [-0.15, -0.1) is 0 Å². The van der Waals surface area contributed by atoms with Gasteiger partial charge in [0.1, 0.15) is 5.82 Å². The fourth-order valence-corrected chi connectivity index (χ4v) is 2.30. The molecule has 0 aliphatic heterocycles. The molecule has 6 heteroatoms. The molecular weight excluding hydrogens is 309 g/mol. The normalized spacial score (nSPS) is 11.9. The van der Waals surface area contributed by atoms with Crippen molar-refractivity contribution in [2.75, 3.05) is 0 Å². The summed E-state index contributed by atoms with van der Waals surface area (Å²) < 4.78 is 18.8. The molecule has 0 bridgehead atoms. The minimum absolute atomic E-state index is 0.0138. The minimum Gasteiger partial charge on any atom is -0.349 e. The second kappa shape index (κ2) is 7.04. The molecular formula is C18H16FN3O2. The maximum absolute atomic E-state index is 13.6. The Labute approximate surface area is 138 Å². The van der Waals surface area contributed by atoms with Gasteiger partial charge < -0.3 is 9.84 Å². The average molecular weight is 325 g/mol. The topological polar surface area (TPSA) is 68.0 Å². The van der Waals surface area contributed by atoms with E-state index in [9.17, 15) is 9.18 Å². The fraction of sp³-hybridized carbons (Fsp3) is 0.167. The SMILES string of the molecule is CC(Cc1nc(-c2ccccc2)no1)NC(=O)c1ccccc1F. The summed E-state index contributed by atoms with van der Waals surface area (Å²) in [6.45, 7) is 1.80. The summed E-state index contributed by atoms with van der Waals surface area (Å²) in [5.41, 5.74) is 0.871. The molecule has 1 aromatic heterocycles. The molecule has 0 aliphatic rings. The molecule has 24 heavy (non-hydrogen) atoms. The van der Waals surface area contributed by atoms with Crippen LogP contribution in [0.4, 0.5) is 4.39 Å². The predicted octanol–water partition coefficient (Wildman–Crippen LogP) is 3.24. The zero-order valence-corrected chi connectivity index (χ0v) is 13.1. The Hall–Kier alpha value is -3.02. The third-order valence-electron chi connectivity index (χ3n) is 3.48. The highest BCUT2D eigenvalue weighted by Crippen LogP contribution is 2.15. The number of carbonyl (C=O) groups is 1. The first kappa shape index (κ1) is 15.9. The highest BCUT2D eigenvalue weighted by molar-refractivity contribution is 5.94. The molecule has 0 fully saturated rings. The lowest BCUT2D eigenvalue weighted by atomic mass is 10.1. The standard InChI is InChI=1S/C18H16FN3O2/c1-12(20-18(23)14-9-5-6-10-15(14)19)11-16-21-17(22-24-16)13-7-3-2-4-8-13/h2-10,12H,11H2,1H3,(H,20,23). The number of aromatic nitrogens is 2. The number of carbonyl (C=O) groups excluding carboxylic acids is 1. The van der Waals surface area contributed by atoms with Gasteiger partial charge in [-0.2, -0.15) is 4.98 Å². The summed E-state index contributed by atoms with van der Waals surface area (Å²) in [4.78, 5) is 16.4. The monoisotopic (exact) mass is 325 g/mol. The van der Waals surface area contributed by atoms with Crippen molar-refractivity contribution in [3.63, 3.8) is 0 Å². The van der Waals surface area contributed by atoms with Crippen LogP contribution in [0.2, 0.25) is 0 Å². The minimum atomic E-state index is -0.550. The summed E-state index contributed by atoms with van der Waals surface area (Å²) in [6, 6.07) is 15.0. The molecule has 1 N–H and O–H groups in total. The van der Waals surface area contributed by atoms with Crippen molar-refractivity contribution in [2.45, 2.75) is 19.4 Å².